The van der Waals surface area contributed by atoms with Crippen LogP contribution < -0.4 is 20.5 Å². The zero-order valence-electron chi connectivity index (χ0n) is 25.8. The van der Waals surface area contributed by atoms with Gasteiger partial charge in [-0.1, -0.05) is 31.0 Å². The zero-order valence-corrected chi connectivity index (χ0v) is 27.4. The second-order valence-corrected chi connectivity index (χ2v) is 13.3. The molecule has 15 heteroatoms. The Balaban J connectivity index is 1.36. The van der Waals surface area contributed by atoms with Crippen LogP contribution in [0.4, 0.5) is 25.0 Å². The number of amides is 3. The molecule has 1 aliphatic rings. The Morgan fingerprint density at radius 1 is 1.13 bits per heavy atom. The summed E-state index contributed by atoms with van der Waals surface area (Å²) < 4.78 is 59.5. The van der Waals surface area contributed by atoms with Gasteiger partial charge in [0, 0.05) is 50.0 Å². The monoisotopic (exact) mass is 678 g/mol. The lowest BCUT2D eigenvalue weighted by atomic mass is 10.0. The first-order valence-corrected chi connectivity index (χ1v) is 17.0. The average molecular weight is 679 g/mol. The number of anilines is 2. The van der Waals surface area contributed by atoms with Gasteiger partial charge >= 0.3 is 6.03 Å². The van der Waals surface area contributed by atoms with Gasteiger partial charge in [0.2, 0.25) is 15.9 Å². The molecule has 0 aliphatic carbocycles. The van der Waals surface area contributed by atoms with Crippen molar-refractivity contribution in [3.8, 4) is 11.6 Å². The number of rotatable bonds is 12. The third-order valence-electron chi connectivity index (χ3n) is 7.59. The van der Waals surface area contributed by atoms with Crippen molar-refractivity contribution in [1.82, 2.24) is 14.8 Å². The quantitative estimate of drug-likeness (QED) is 0.217. The number of ether oxygens (including phenoxy) is 1. The standard InChI is InChI=1S/C31H37ClF2N6O5S/c1-4-5-12-40(31(42)37-27-16-23(30(35)41)25(33)17-26(27)34)22-10-13-39(14-11-22)18-20-6-9-29(36-19(20)2)45-28-8-7-21(15-24(28)32)38-46(3,43)44/h6-9,15-17,22,38H,4-5,10-14,18H2,1-3H3,(H2,35,41)(H,37,42). The van der Waals surface area contributed by atoms with Crippen LogP contribution in [0.15, 0.2) is 42.5 Å². The predicted molar refractivity (Wildman–Crippen MR) is 173 cm³/mol. The van der Waals surface area contributed by atoms with Crippen molar-refractivity contribution in [2.24, 2.45) is 5.73 Å². The minimum absolute atomic E-state index is 0.0966. The van der Waals surface area contributed by atoms with Gasteiger partial charge in [-0.05, 0) is 56.0 Å². The van der Waals surface area contributed by atoms with E-state index in [1.807, 2.05) is 19.9 Å². The summed E-state index contributed by atoms with van der Waals surface area (Å²) in [5.41, 5.74) is 6.47. The van der Waals surface area contributed by atoms with Gasteiger partial charge in [-0.25, -0.2) is 27.0 Å². The minimum atomic E-state index is -3.44. The Hall–Kier alpha value is -4.01. The maximum absolute atomic E-state index is 14.4. The Kier molecular flexibility index (Phi) is 11.4. The molecule has 46 heavy (non-hydrogen) atoms. The molecule has 1 aliphatic heterocycles. The van der Waals surface area contributed by atoms with Gasteiger partial charge < -0.3 is 20.7 Å². The van der Waals surface area contributed by atoms with Gasteiger partial charge in [0.15, 0.2) is 0 Å². The van der Waals surface area contributed by atoms with E-state index in [1.54, 1.807) is 23.1 Å². The number of nitrogens with zero attached hydrogens (tertiary/aromatic N) is 3. The first kappa shape index (κ1) is 34.9. The van der Waals surface area contributed by atoms with E-state index in [4.69, 9.17) is 22.1 Å². The summed E-state index contributed by atoms with van der Waals surface area (Å²) in [5.74, 6) is -2.48. The fraction of sp³-hybridized carbons (Fsp3) is 0.387. The van der Waals surface area contributed by atoms with Gasteiger partial charge in [0.1, 0.15) is 17.4 Å². The number of piperidine rings is 1. The Morgan fingerprint density at radius 3 is 2.46 bits per heavy atom. The number of primary amides is 1. The van der Waals surface area contributed by atoms with E-state index >= 15 is 0 Å². The van der Waals surface area contributed by atoms with E-state index in [9.17, 15) is 26.8 Å². The summed E-state index contributed by atoms with van der Waals surface area (Å²) in [7, 11) is -3.44. The number of urea groups is 1. The smallest absolute Gasteiger partial charge is 0.322 e. The molecule has 0 spiro atoms. The molecular formula is C31H37ClF2N6O5S. The van der Waals surface area contributed by atoms with Crippen LogP contribution in [-0.4, -0.2) is 67.1 Å². The van der Waals surface area contributed by atoms with E-state index < -0.39 is 39.2 Å². The predicted octanol–water partition coefficient (Wildman–Crippen LogP) is 5.88. The van der Waals surface area contributed by atoms with Crippen LogP contribution in [0, 0.1) is 18.6 Å². The summed E-state index contributed by atoms with van der Waals surface area (Å²) in [6.45, 7) is 6.40. The third kappa shape index (κ3) is 9.27. The highest BCUT2D eigenvalue weighted by Gasteiger charge is 2.29. The number of hydrogen-bond donors (Lipinski definition) is 3. The lowest BCUT2D eigenvalue weighted by Crippen LogP contribution is -2.49. The number of aromatic nitrogens is 1. The van der Waals surface area contributed by atoms with E-state index in [-0.39, 0.29) is 16.8 Å². The Labute approximate surface area is 272 Å². The van der Waals surface area contributed by atoms with Gasteiger partial charge in [0.25, 0.3) is 5.91 Å². The molecule has 0 unspecified atom stereocenters. The minimum Gasteiger partial charge on any atom is -0.437 e. The molecule has 1 aromatic heterocycles. The van der Waals surface area contributed by atoms with Crippen LogP contribution >= 0.6 is 11.6 Å². The second kappa shape index (κ2) is 15.1. The molecule has 4 rings (SSSR count). The summed E-state index contributed by atoms with van der Waals surface area (Å²) >= 11 is 6.29. The molecule has 3 amide bonds. The van der Waals surface area contributed by atoms with Crippen LogP contribution in [0.1, 0.15) is 54.2 Å². The average Bonchev–Trinajstić information content (AvgIpc) is 2.97. The molecular weight excluding hydrogens is 642 g/mol. The Bertz CT molecular complexity index is 1700. The van der Waals surface area contributed by atoms with Gasteiger partial charge in [-0.2, -0.15) is 0 Å². The zero-order chi connectivity index (χ0) is 33.6. The fourth-order valence-electron chi connectivity index (χ4n) is 5.19. The van der Waals surface area contributed by atoms with Crippen molar-refractivity contribution in [3.05, 3.63) is 75.9 Å². The summed E-state index contributed by atoms with van der Waals surface area (Å²) in [6, 6.07) is 9.06. The molecule has 1 saturated heterocycles. The van der Waals surface area contributed by atoms with Crippen molar-refractivity contribution in [2.75, 3.05) is 35.9 Å². The molecule has 0 bridgehead atoms. The van der Waals surface area contributed by atoms with E-state index in [1.165, 1.54) is 6.07 Å². The summed E-state index contributed by atoms with van der Waals surface area (Å²) in [6.07, 6.45) is 4.02. The maximum Gasteiger partial charge on any atom is 0.322 e. The van der Waals surface area contributed by atoms with Crippen LogP contribution in [-0.2, 0) is 16.6 Å². The maximum atomic E-state index is 14.4. The lowest BCUT2D eigenvalue weighted by Gasteiger charge is -2.38. The first-order chi connectivity index (χ1) is 21.7. The number of sulfonamides is 1. The van der Waals surface area contributed by atoms with Crippen LogP contribution in [0.25, 0.3) is 0 Å². The van der Waals surface area contributed by atoms with Crippen molar-refractivity contribution >= 4 is 44.9 Å². The highest BCUT2D eigenvalue weighted by atomic mass is 35.5. The molecule has 11 nitrogen and oxygen atoms in total. The van der Waals surface area contributed by atoms with E-state index in [2.05, 4.69) is 19.9 Å². The molecule has 3 aromatic rings. The molecule has 2 aromatic carbocycles. The number of carbonyl (C=O) groups excluding carboxylic acids is 2. The third-order valence-corrected chi connectivity index (χ3v) is 8.49. The lowest BCUT2D eigenvalue weighted by molar-refractivity contribution is 0.0996. The number of carbonyl (C=O) groups is 2. The number of halogens is 3. The highest BCUT2D eigenvalue weighted by molar-refractivity contribution is 7.92. The number of aryl methyl sites for hydroxylation is 1. The van der Waals surface area contributed by atoms with Crippen molar-refractivity contribution < 1.29 is 31.5 Å². The summed E-state index contributed by atoms with van der Waals surface area (Å²) in [4.78, 5) is 33.3. The molecule has 0 atom stereocenters. The largest absolute Gasteiger partial charge is 0.437 e. The molecule has 248 valence electrons. The number of likely N-dealkylation sites (tertiary alicyclic amines) is 1. The second-order valence-electron chi connectivity index (χ2n) is 11.2. The fourth-order valence-corrected chi connectivity index (χ4v) is 5.97. The normalized spacial score (nSPS) is 14.1. The van der Waals surface area contributed by atoms with Crippen LogP contribution in [0.3, 0.4) is 0 Å². The topological polar surface area (TPSA) is 147 Å². The summed E-state index contributed by atoms with van der Waals surface area (Å²) in [5, 5.41) is 2.73. The van der Waals surface area contributed by atoms with Gasteiger partial charge in [-0.15, -0.1) is 0 Å². The van der Waals surface area contributed by atoms with E-state index in [0.717, 1.165) is 36.4 Å². The molecule has 2 heterocycles. The van der Waals surface area contributed by atoms with Crippen molar-refractivity contribution in [3.63, 3.8) is 0 Å². The number of nitrogens with two attached hydrogens (primary N) is 1. The SMILES string of the molecule is CCCCN(C(=O)Nc1cc(C(N)=O)c(F)cc1F)C1CCN(Cc2ccc(Oc3ccc(NS(C)(=O)=O)cc3Cl)nc2C)CC1. The first-order valence-electron chi connectivity index (χ1n) is 14.7. The number of pyridine rings is 1. The van der Waals surface area contributed by atoms with Crippen LogP contribution in [0.5, 0.6) is 11.6 Å². The number of unbranched alkanes of at least 4 members (excludes halogenated alkanes) is 1. The van der Waals surface area contributed by atoms with Gasteiger partial charge in [0.05, 0.1) is 28.2 Å². The highest BCUT2D eigenvalue weighted by Crippen LogP contribution is 2.32. The van der Waals surface area contributed by atoms with Gasteiger partial charge in [-0.3, -0.25) is 14.4 Å². The van der Waals surface area contributed by atoms with Crippen LogP contribution in [0.2, 0.25) is 5.02 Å². The molecule has 4 N–H and O–H groups in total. The van der Waals surface area contributed by atoms with Crippen molar-refractivity contribution in [1.29, 1.82) is 0 Å². The van der Waals surface area contributed by atoms with E-state index in [0.29, 0.717) is 62.4 Å². The molecule has 0 saturated carbocycles. The number of nitrogens with one attached hydrogen (secondary N) is 2. The Morgan fingerprint density at radius 2 is 1.85 bits per heavy atom. The number of benzene rings is 2. The molecule has 1 fully saturated rings. The van der Waals surface area contributed by atoms with Crippen molar-refractivity contribution in [2.45, 2.75) is 52.1 Å². The molecule has 0 radical (unpaired) electrons. The number of hydrogen-bond acceptors (Lipinski definition) is 7.